The van der Waals surface area contributed by atoms with Gasteiger partial charge in [0.1, 0.15) is 6.04 Å². The number of nitrogens with one attached hydrogen (secondary N) is 1. The van der Waals surface area contributed by atoms with E-state index in [1.807, 2.05) is 30.3 Å². The molecule has 0 aliphatic carbocycles. The molecule has 1 aliphatic heterocycles. The van der Waals surface area contributed by atoms with Gasteiger partial charge in [-0.3, -0.25) is 4.90 Å². The monoisotopic (exact) mass is 269 g/mol. The van der Waals surface area contributed by atoms with Crippen molar-refractivity contribution in [1.82, 2.24) is 20.4 Å². The van der Waals surface area contributed by atoms with Crippen molar-refractivity contribution in [2.75, 3.05) is 19.6 Å². The van der Waals surface area contributed by atoms with Crippen molar-refractivity contribution in [2.45, 2.75) is 12.6 Å². The smallest absolute Gasteiger partial charge is 0.257 e. The summed E-state index contributed by atoms with van der Waals surface area (Å²) in [6.45, 7) is 2.91. The second-order valence-corrected chi connectivity index (χ2v) is 4.70. The van der Waals surface area contributed by atoms with Crippen LogP contribution in [-0.2, 0) is 6.54 Å². The maximum absolute atomic E-state index is 9.13. The lowest BCUT2D eigenvalue weighted by atomic mass is 10.2. The lowest BCUT2D eigenvalue weighted by Crippen LogP contribution is -2.50. The number of nitrogens with zero attached hydrogens (tertiary/aromatic N) is 4. The highest BCUT2D eigenvalue weighted by atomic mass is 16.5. The minimum atomic E-state index is -0.137. The fraction of sp³-hybridized carbons (Fsp3) is 0.357. The molecule has 0 bridgehead atoms. The number of piperazine rings is 1. The molecule has 1 fully saturated rings. The van der Waals surface area contributed by atoms with Gasteiger partial charge in [-0.25, -0.2) is 0 Å². The van der Waals surface area contributed by atoms with Crippen molar-refractivity contribution in [1.29, 1.82) is 5.26 Å². The van der Waals surface area contributed by atoms with E-state index < -0.39 is 0 Å². The molecule has 0 radical (unpaired) electrons. The number of hydrogen-bond acceptors (Lipinski definition) is 6. The Labute approximate surface area is 117 Å². The second kappa shape index (κ2) is 5.82. The number of rotatable bonds is 3. The van der Waals surface area contributed by atoms with Gasteiger partial charge in [0, 0.05) is 25.2 Å². The normalized spacial score (nSPS) is 19.6. The van der Waals surface area contributed by atoms with Gasteiger partial charge in [0.15, 0.2) is 5.82 Å². The standard InChI is InChI=1S/C14H15N5O/c15-8-12-9-16-6-7-19(12)10-13-17-14(20-18-13)11-4-2-1-3-5-11/h1-5,12,16H,6-7,9-10H2. The lowest BCUT2D eigenvalue weighted by molar-refractivity contribution is 0.183. The Bertz CT molecular complexity index is 604. The van der Waals surface area contributed by atoms with Crippen LogP contribution in [0.15, 0.2) is 34.9 Å². The van der Waals surface area contributed by atoms with Crippen LogP contribution in [0.5, 0.6) is 0 Å². The van der Waals surface area contributed by atoms with E-state index >= 15 is 0 Å². The van der Waals surface area contributed by atoms with Crippen LogP contribution in [0.3, 0.4) is 0 Å². The molecule has 1 atom stereocenters. The Morgan fingerprint density at radius 3 is 3.05 bits per heavy atom. The van der Waals surface area contributed by atoms with Crippen molar-refractivity contribution in [3.63, 3.8) is 0 Å². The molecule has 1 saturated heterocycles. The van der Waals surface area contributed by atoms with Crippen molar-refractivity contribution in [3.05, 3.63) is 36.2 Å². The predicted molar refractivity (Wildman–Crippen MR) is 72.4 cm³/mol. The highest BCUT2D eigenvalue weighted by molar-refractivity contribution is 5.51. The van der Waals surface area contributed by atoms with Gasteiger partial charge in [-0.05, 0) is 12.1 Å². The Balaban J connectivity index is 1.73. The molecular formula is C14H15N5O. The number of aromatic nitrogens is 2. The number of benzene rings is 1. The van der Waals surface area contributed by atoms with E-state index in [9.17, 15) is 0 Å². The van der Waals surface area contributed by atoms with E-state index in [0.717, 1.165) is 18.7 Å². The largest absolute Gasteiger partial charge is 0.334 e. The summed E-state index contributed by atoms with van der Waals surface area (Å²) < 4.78 is 5.27. The molecule has 2 heterocycles. The molecule has 6 heteroatoms. The van der Waals surface area contributed by atoms with Gasteiger partial charge in [0.25, 0.3) is 5.89 Å². The van der Waals surface area contributed by atoms with E-state index in [0.29, 0.717) is 24.8 Å². The second-order valence-electron chi connectivity index (χ2n) is 4.70. The Hall–Kier alpha value is -2.23. The Kier molecular flexibility index (Phi) is 3.72. The van der Waals surface area contributed by atoms with Crippen LogP contribution in [0, 0.1) is 11.3 Å². The topological polar surface area (TPSA) is 78.0 Å². The molecule has 1 aromatic carbocycles. The highest BCUT2D eigenvalue weighted by Gasteiger charge is 2.23. The molecule has 1 aromatic heterocycles. The fourth-order valence-electron chi connectivity index (χ4n) is 2.26. The molecule has 2 aromatic rings. The quantitative estimate of drug-likeness (QED) is 0.896. The first-order valence-electron chi connectivity index (χ1n) is 6.59. The van der Waals surface area contributed by atoms with Crippen LogP contribution in [0.25, 0.3) is 11.5 Å². The van der Waals surface area contributed by atoms with Gasteiger partial charge in [-0.1, -0.05) is 23.4 Å². The molecule has 3 rings (SSSR count). The van der Waals surface area contributed by atoms with E-state index in [1.165, 1.54) is 0 Å². The van der Waals surface area contributed by atoms with E-state index in [4.69, 9.17) is 9.78 Å². The van der Waals surface area contributed by atoms with Crippen LogP contribution in [0.1, 0.15) is 5.82 Å². The summed E-state index contributed by atoms with van der Waals surface area (Å²) in [5.41, 5.74) is 0.906. The molecule has 0 spiro atoms. The van der Waals surface area contributed by atoms with E-state index in [-0.39, 0.29) is 6.04 Å². The zero-order valence-electron chi connectivity index (χ0n) is 11.0. The third-order valence-electron chi connectivity index (χ3n) is 3.34. The zero-order chi connectivity index (χ0) is 13.8. The van der Waals surface area contributed by atoms with Crippen molar-refractivity contribution in [2.24, 2.45) is 0 Å². The van der Waals surface area contributed by atoms with Gasteiger partial charge >= 0.3 is 0 Å². The molecule has 6 nitrogen and oxygen atoms in total. The summed E-state index contributed by atoms with van der Waals surface area (Å²) in [6, 6.07) is 11.8. The maximum atomic E-state index is 9.13. The minimum Gasteiger partial charge on any atom is -0.334 e. The van der Waals surface area contributed by atoms with Crippen LogP contribution in [0.2, 0.25) is 0 Å². The van der Waals surface area contributed by atoms with Crippen molar-refractivity contribution in [3.8, 4) is 17.5 Å². The predicted octanol–water partition coefficient (Wildman–Crippen LogP) is 1.03. The summed E-state index contributed by atoms with van der Waals surface area (Å²) in [5.74, 6) is 1.13. The first-order valence-corrected chi connectivity index (χ1v) is 6.59. The van der Waals surface area contributed by atoms with Crippen LogP contribution in [-0.4, -0.2) is 40.7 Å². The first-order chi connectivity index (χ1) is 9.86. The van der Waals surface area contributed by atoms with Crippen LogP contribution >= 0.6 is 0 Å². The van der Waals surface area contributed by atoms with Gasteiger partial charge in [-0.15, -0.1) is 0 Å². The zero-order valence-corrected chi connectivity index (χ0v) is 11.0. The summed E-state index contributed by atoms with van der Waals surface area (Å²) in [4.78, 5) is 6.46. The molecule has 20 heavy (non-hydrogen) atoms. The SMILES string of the molecule is N#CC1CNCCN1Cc1noc(-c2ccccc2)n1. The molecule has 102 valence electrons. The van der Waals surface area contributed by atoms with Crippen molar-refractivity contribution < 1.29 is 4.52 Å². The summed E-state index contributed by atoms with van der Waals surface area (Å²) in [6.07, 6.45) is 0. The average molecular weight is 269 g/mol. The van der Waals surface area contributed by atoms with Gasteiger partial charge in [0.2, 0.25) is 0 Å². The van der Waals surface area contributed by atoms with Gasteiger partial charge < -0.3 is 9.84 Å². The minimum absolute atomic E-state index is 0.137. The highest BCUT2D eigenvalue weighted by Crippen LogP contribution is 2.17. The van der Waals surface area contributed by atoms with Crippen LogP contribution < -0.4 is 5.32 Å². The summed E-state index contributed by atoms with van der Waals surface area (Å²) >= 11 is 0. The third-order valence-corrected chi connectivity index (χ3v) is 3.34. The lowest BCUT2D eigenvalue weighted by Gasteiger charge is -2.30. The van der Waals surface area contributed by atoms with E-state index in [2.05, 4.69) is 26.4 Å². The molecule has 1 aliphatic rings. The number of nitriles is 1. The van der Waals surface area contributed by atoms with Crippen molar-refractivity contribution >= 4 is 0 Å². The fourth-order valence-corrected chi connectivity index (χ4v) is 2.26. The summed E-state index contributed by atoms with van der Waals surface area (Å²) in [7, 11) is 0. The molecule has 1 N–H and O–H groups in total. The van der Waals surface area contributed by atoms with Gasteiger partial charge in [-0.2, -0.15) is 10.2 Å². The average Bonchev–Trinajstić information content (AvgIpc) is 2.97. The van der Waals surface area contributed by atoms with Crippen LogP contribution in [0.4, 0.5) is 0 Å². The molecule has 0 amide bonds. The summed E-state index contributed by atoms with van der Waals surface area (Å²) in [5, 5.41) is 16.3. The molecule has 1 unspecified atom stereocenters. The van der Waals surface area contributed by atoms with Gasteiger partial charge in [0.05, 0.1) is 12.6 Å². The first kappa shape index (κ1) is 12.8. The maximum Gasteiger partial charge on any atom is 0.257 e. The molecular weight excluding hydrogens is 254 g/mol. The molecule has 0 saturated carbocycles. The number of hydrogen-bond donors (Lipinski definition) is 1. The Morgan fingerprint density at radius 1 is 1.40 bits per heavy atom. The Morgan fingerprint density at radius 2 is 2.25 bits per heavy atom. The van der Waals surface area contributed by atoms with E-state index in [1.54, 1.807) is 0 Å². The third kappa shape index (κ3) is 2.69.